The molecule has 1 aromatic carbocycles. The summed E-state index contributed by atoms with van der Waals surface area (Å²) in [7, 11) is 0. The average molecular weight is 358 g/mol. The monoisotopic (exact) mass is 358 g/mol. The lowest BCUT2D eigenvalue weighted by Crippen LogP contribution is -2.40. The molecule has 6 nitrogen and oxygen atoms in total. The summed E-state index contributed by atoms with van der Waals surface area (Å²) in [4.78, 5) is 27.6. The third-order valence-corrected chi connectivity index (χ3v) is 6.82. The second kappa shape index (κ2) is 5.07. The van der Waals surface area contributed by atoms with Crippen molar-refractivity contribution in [3.05, 3.63) is 23.8 Å². The number of hydrogen-bond donors (Lipinski definition) is 0. The molecule has 1 unspecified atom stereocenters. The SMILES string of the molecule is C[S+]([O-])c1cc(N2C(=O)[C@@H]3[C@H](C2=O)[C@@]2(C)CC[C@]3(C)O2)ccc1C#N. The number of hydrogen-bond acceptors (Lipinski definition) is 5. The summed E-state index contributed by atoms with van der Waals surface area (Å²) in [6.45, 7) is 3.81. The average Bonchev–Trinajstić information content (AvgIpc) is 3.11. The van der Waals surface area contributed by atoms with Crippen LogP contribution in [0.3, 0.4) is 0 Å². The third kappa shape index (κ3) is 2.05. The lowest BCUT2D eigenvalue weighted by Gasteiger charge is -2.27. The molecule has 0 aliphatic carbocycles. The zero-order valence-electron chi connectivity index (χ0n) is 14.2. The number of fused-ring (bicyclic) bond motifs is 5. The molecule has 3 fully saturated rings. The Morgan fingerprint density at radius 2 is 1.80 bits per heavy atom. The molecule has 0 spiro atoms. The second-order valence-electron chi connectivity index (χ2n) is 7.44. The van der Waals surface area contributed by atoms with Crippen molar-refractivity contribution in [2.75, 3.05) is 11.2 Å². The van der Waals surface area contributed by atoms with Gasteiger partial charge in [0.05, 0.1) is 28.7 Å². The highest BCUT2D eigenvalue weighted by Gasteiger charge is 2.72. The Labute approximate surface area is 148 Å². The van der Waals surface area contributed by atoms with Crippen LogP contribution in [0.4, 0.5) is 5.69 Å². The number of amides is 2. The van der Waals surface area contributed by atoms with Gasteiger partial charge in [0.15, 0.2) is 4.90 Å². The number of imide groups is 1. The van der Waals surface area contributed by atoms with E-state index < -0.39 is 34.2 Å². The van der Waals surface area contributed by atoms with E-state index in [-0.39, 0.29) is 17.4 Å². The van der Waals surface area contributed by atoms with Gasteiger partial charge in [0.1, 0.15) is 17.9 Å². The predicted molar refractivity (Wildman–Crippen MR) is 90.1 cm³/mol. The minimum Gasteiger partial charge on any atom is -0.612 e. The molecule has 7 heteroatoms. The molecule has 4 rings (SSSR count). The standard InChI is InChI=1S/C18H18N2O4S/c1-17-6-7-18(2,24-17)14-13(17)15(21)20(16(14)22)11-5-4-10(9-19)12(8-11)25(3)23/h4-5,8,13-14H,6-7H2,1-3H3/t13-,14+,17-,18+,25?. The Hall–Kier alpha value is -1.88. The number of nitrogens with zero attached hydrogens (tertiary/aromatic N) is 2. The smallest absolute Gasteiger partial charge is 0.240 e. The van der Waals surface area contributed by atoms with Crippen LogP contribution in [0.1, 0.15) is 32.3 Å². The van der Waals surface area contributed by atoms with Gasteiger partial charge in [-0.15, -0.1) is 0 Å². The minimum absolute atomic E-state index is 0.265. The van der Waals surface area contributed by atoms with Gasteiger partial charge in [-0.25, -0.2) is 4.90 Å². The van der Waals surface area contributed by atoms with E-state index in [1.165, 1.54) is 23.3 Å². The van der Waals surface area contributed by atoms with E-state index in [2.05, 4.69) is 0 Å². The summed E-state index contributed by atoms with van der Waals surface area (Å²) >= 11 is -1.39. The molecule has 5 atom stereocenters. The molecule has 3 aliphatic rings. The summed E-state index contributed by atoms with van der Waals surface area (Å²) < 4.78 is 18.0. The number of carbonyl (C=O) groups is 2. The van der Waals surface area contributed by atoms with E-state index in [1.807, 2.05) is 19.9 Å². The van der Waals surface area contributed by atoms with Crippen LogP contribution in [0, 0.1) is 23.2 Å². The van der Waals surface area contributed by atoms with Gasteiger partial charge in [-0.05, 0) is 50.0 Å². The summed E-state index contributed by atoms with van der Waals surface area (Å²) in [5.41, 5.74) is -0.556. The molecule has 2 amide bonds. The largest absolute Gasteiger partial charge is 0.612 e. The fourth-order valence-corrected chi connectivity index (χ4v) is 5.41. The van der Waals surface area contributed by atoms with Crippen molar-refractivity contribution in [1.29, 1.82) is 5.26 Å². The summed E-state index contributed by atoms with van der Waals surface area (Å²) in [6.07, 6.45) is 2.99. The molecule has 3 saturated heterocycles. The molecular weight excluding hydrogens is 340 g/mol. The van der Waals surface area contributed by atoms with E-state index in [1.54, 1.807) is 6.07 Å². The van der Waals surface area contributed by atoms with Crippen molar-refractivity contribution < 1.29 is 18.9 Å². The molecule has 3 heterocycles. The van der Waals surface area contributed by atoms with Gasteiger partial charge < -0.3 is 9.29 Å². The first-order valence-electron chi connectivity index (χ1n) is 8.17. The molecule has 130 valence electrons. The lowest BCUT2D eigenvalue weighted by atomic mass is 9.69. The van der Waals surface area contributed by atoms with Crippen LogP contribution in [0.25, 0.3) is 0 Å². The number of nitriles is 1. The van der Waals surface area contributed by atoms with E-state index in [0.29, 0.717) is 10.6 Å². The molecule has 0 radical (unpaired) electrons. The first-order chi connectivity index (χ1) is 11.7. The van der Waals surface area contributed by atoms with Gasteiger partial charge >= 0.3 is 0 Å². The Kier molecular flexibility index (Phi) is 3.36. The molecular formula is C18H18N2O4S. The molecule has 3 aliphatic heterocycles. The van der Waals surface area contributed by atoms with Crippen molar-refractivity contribution in [3.63, 3.8) is 0 Å². The van der Waals surface area contributed by atoms with Crippen LogP contribution >= 0.6 is 0 Å². The number of ether oxygens (including phenoxy) is 1. The number of benzene rings is 1. The molecule has 0 saturated carbocycles. The van der Waals surface area contributed by atoms with Crippen LogP contribution in [0.15, 0.2) is 23.1 Å². The van der Waals surface area contributed by atoms with E-state index in [4.69, 9.17) is 10.00 Å². The normalized spacial score (nSPS) is 37.3. The maximum absolute atomic E-state index is 13.1. The topological polar surface area (TPSA) is 93.5 Å². The van der Waals surface area contributed by atoms with Gasteiger partial charge in [0.25, 0.3) is 0 Å². The highest BCUT2D eigenvalue weighted by molar-refractivity contribution is 7.90. The van der Waals surface area contributed by atoms with Crippen LogP contribution in [-0.4, -0.2) is 33.8 Å². The van der Waals surface area contributed by atoms with Crippen LogP contribution in [0.2, 0.25) is 0 Å². The maximum Gasteiger partial charge on any atom is 0.240 e. The summed E-state index contributed by atoms with van der Waals surface area (Å²) in [6, 6.07) is 6.58. The molecule has 25 heavy (non-hydrogen) atoms. The zero-order valence-corrected chi connectivity index (χ0v) is 15.1. The van der Waals surface area contributed by atoms with E-state index >= 15 is 0 Å². The first-order valence-corrected chi connectivity index (χ1v) is 9.73. The van der Waals surface area contributed by atoms with Gasteiger partial charge in [-0.3, -0.25) is 9.59 Å². The highest BCUT2D eigenvalue weighted by atomic mass is 32.2. The molecule has 0 N–H and O–H groups in total. The van der Waals surface area contributed by atoms with Gasteiger partial charge in [0.2, 0.25) is 11.8 Å². The quantitative estimate of drug-likeness (QED) is 0.593. The number of anilines is 1. The lowest BCUT2D eigenvalue weighted by molar-refractivity contribution is -0.129. The third-order valence-electron chi connectivity index (χ3n) is 5.86. The molecule has 2 bridgehead atoms. The Balaban J connectivity index is 1.79. The van der Waals surface area contributed by atoms with Crippen LogP contribution < -0.4 is 4.90 Å². The van der Waals surface area contributed by atoms with Crippen molar-refractivity contribution in [2.45, 2.75) is 42.8 Å². The highest BCUT2D eigenvalue weighted by Crippen LogP contribution is 2.60. The fourth-order valence-electron chi connectivity index (χ4n) is 4.70. The van der Waals surface area contributed by atoms with Crippen molar-refractivity contribution in [3.8, 4) is 6.07 Å². The summed E-state index contributed by atoms with van der Waals surface area (Å²) in [5.74, 6) is -1.49. The summed E-state index contributed by atoms with van der Waals surface area (Å²) in [5, 5.41) is 9.16. The van der Waals surface area contributed by atoms with Gasteiger partial charge in [-0.2, -0.15) is 5.26 Å². The zero-order chi connectivity index (χ0) is 18.1. The maximum atomic E-state index is 13.1. The minimum atomic E-state index is -1.39. The molecule has 1 aromatic rings. The van der Waals surface area contributed by atoms with Crippen LogP contribution in [-0.2, 0) is 25.5 Å². The fraction of sp³-hybridized carbons (Fsp3) is 0.500. The van der Waals surface area contributed by atoms with Crippen molar-refractivity contribution >= 4 is 28.7 Å². The van der Waals surface area contributed by atoms with Crippen molar-refractivity contribution in [2.24, 2.45) is 11.8 Å². The Morgan fingerprint density at radius 3 is 2.28 bits per heavy atom. The van der Waals surface area contributed by atoms with Crippen molar-refractivity contribution in [1.82, 2.24) is 0 Å². The number of rotatable bonds is 2. The van der Waals surface area contributed by atoms with E-state index in [9.17, 15) is 14.1 Å². The second-order valence-corrected chi connectivity index (χ2v) is 8.79. The van der Waals surface area contributed by atoms with Gasteiger partial charge in [-0.1, -0.05) is 0 Å². The Morgan fingerprint density at radius 1 is 1.24 bits per heavy atom. The van der Waals surface area contributed by atoms with Gasteiger partial charge in [0, 0.05) is 6.07 Å². The predicted octanol–water partition coefficient (Wildman–Crippen LogP) is 1.74. The van der Waals surface area contributed by atoms with Crippen LogP contribution in [0.5, 0.6) is 0 Å². The number of carbonyl (C=O) groups excluding carboxylic acids is 2. The first kappa shape index (κ1) is 16.6. The Bertz CT molecular complexity index is 814. The van der Waals surface area contributed by atoms with E-state index in [0.717, 1.165) is 12.8 Å². The molecule has 0 aromatic heterocycles.